The monoisotopic (exact) mass is 368 g/mol. The highest BCUT2D eigenvalue weighted by Gasteiger charge is 2.12. The minimum Gasteiger partial charge on any atom is -0.493 e. The molecule has 0 aliphatic carbocycles. The molecular formula is C22H28N2O3. The fraction of sp³-hybridized carbons (Fsp3) is 0.364. The number of nitrogens with one attached hydrogen (secondary N) is 1. The summed E-state index contributed by atoms with van der Waals surface area (Å²) in [5.41, 5.74) is 2.07. The van der Waals surface area contributed by atoms with Crippen LogP contribution in [-0.2, 0) is 9.59 Å². The van der Waals surface area contributed by atoms with Crippen molar-refractivity contribution in [3.05, 3.63) is 60.2 Å². The van der Waals surface area contributed by atoms with Gasteiger partial charge >= 0.3 is 0 Å². The van der Waals surface area contributed by atoms with Crippen molar-refractivity contribution < 1.29 is 14.3 Å². The van der Waals surface area contributed by atoms with E-state index in [2.05, 4.69) is 19.2 Å². The molecular weight excluding hydrogens is 340 g/mol. The number of nitrogens with zero attached hydrogens (tertiary/aromatic N) is 1. The van der Waals surface area contributed by atoms with Crippen molar-refractivity contribution in [2.24, 2.45) is 0 Å². The van der Waals surface area contributed by atoms with E-state index in [1.165, 1.54) is 12.5 Å². The highest BCUT2D eigenvalue weighted by atomic mass is 16.5. The van der Waals surface area contributed by atoms with Crippen LogP contribution >= 0.6 is 0 Å². The van der Waals surface area contributed by atoms with E-state index in [1.807, 2.05) is 54.6 Å². The Hall–Kier alpha value is -2.82. The molecule has 0 fully saturated rings. The first-order valence-corrected chi connectivity index (χ1v) is 9.30. The maximum atomic E-state index is 12.0. The van der Waals surface area contributed by atoms with Crippen LogP contribution in [0.15, 0.2) is 54.6 Å². The maximum absolute atomic E-state index is 12.0. The molecule has 2 aromatic rings. The standard InChI is InChI=1S/C22H28N2O3/c1-17(2)19-9-11-20(12-10-19)24(18(3)25)15-14-23-22(26)13-16-27-21-7-5-4-6-8-21/h4-12,17H,13-16H2,1-3H3,(H,23,26). The second-order valence-corrected chi connectivity index (χ2v) is 6.68. The van der Waals surface area contributed by atoms with Crippen LogP contribution in [0.2, 0.25) is 0 Å². The summed E-state index contributed by atoms with van der Waals surface area (Å²) in [4.78, 5) is 25.6. The average molecular weight is 368 g/mol. The van der Waals surface area contributed by atoms with Gasteiger partial charge in [-0.25, -0.2) is 0 Å². The van der Waals surface area contributed by atoms with E-state index in [1.54, 1.807) is 4.90 Å². The van der Waals surface area contributed by atoms with Gasteiger partial charge in [-0.1, -0.05) is 44.2 Å². The zero-order valence-corrected chi connectivity index (χ0v) is 16.3. The molecule has 1 N–H and O–H groups in total. The Morgan fingerprint density at radius 1 is 1.04 bits per heavy atom. The molecule has 2 amide bonds. The number of carbonyl (C=O) groups excluding carboxylic acids is 2. The highest BCUT2D eigenvalue weighted by Crippen LogP contribution is 2.20. The van der Waals surface area contributed by atoms with Gasteiger partial charge in [0.05, 0.1) is 13.0 Å². The van der Waals surface area contributed by atoms with E-state index in [-0.39, 0.29) is 18.2 Å². The number of carbonyl (C=O) groups is 2. The summed E-state index contributed by atoms with van der Waals surface area (Å²) in [5.74, 6) is 1.05. The zero-order valence-electron chi connectivity index (χ0n) is 16.3. The number of para-hydroxylation sites is 1. The third-order valence-corrected chi connectivity index (χ3v) is 4.25. The molecule has 0 aliphatic heterocycles. The number of anilines is 1. The lowest BCUT2D eigenvalue weighted by Crippen LogP contribution is -2.37. The first kappa shape index (κ1) is 20.5. The fourth-order valence-electron chi connectivity index (χ4n) is 2.68. The highest BCUT2D eigenvalue weighted by molar-refractivity contribution is 5.91. The van der Waals surface area contributed by atoms with Crippen molar-refractivity contribution in [1.29, 1.82) is 0 Å². The van der Waals surface area contributed by atoms with Gasteiger partial charge in [-0.15, -0.1) is 0 Å². The predicted octanol–water partition coefficient (Wildman–Crippen LogP) is 3.75. The summed E-state index contributed by atoms with van der Waals surface area (Å²) in [6.45, 7) is 6.95. The summed E-state index contributed by atoms with van der Waals surface area (Å²) < 4.78 is 5.52. The van der Waals surface area contributed by atoms with Crippen molar-refractivity contribution in [2.75, 3.05) is 24.6 Å². The largest absolute Gasteiger partial charge is 0.493 e. The summed E-state index contributed by atoms with van der Waals surface area (Å²) in [6, 6.07) is 17.4. The molecule has 27 heavy (non-hydrogen) atoms. The maximum Gasteiger partial charge on any atom is 0.223 e. The van der Waals surface area contributed by atoms with E-state index in [0.29, 0.717) is 25.6 Å². The summed E-state index contributed by atoms with van der Waals surface area (Å²) >= 11 is 0. The molecule has 0 atom stereocenters. The number of hydrogen-bond acceptors (Lipinski definition) is 3. The van der Waals surface area contributed by atoms with Crippen molar-refractivity contribution in [3.63, 3.8) is 0 Å². The lowest BCUT2D eigenvalue weighted by Gasteiger charge is -2.22. The third kappa shape index (κ3) is 6.77. The van der Waals surface area contributed by atoms with Crippen LogP contribution in [0.25, 0.3) is 0 Å². The van der Waals surface area contributed by atoms with Gasteiger partial charge < -0.3 is 15.0 Å². The Balaban J connectivity index is 1.76. The Bertz CT molecular complexity index is 727. The third-order valence-electron chi connectivity index (χ3n) is 4.25. The lowest BCUT2D eigenvalue weighted by atomic mass is 10.0. The zero-order chi connectivity index (χ0) is 19.6. The molecule has 0 saturated heterocycles. The summed E-state index contributed by atoms with van der Waals surface area (Å²) in [7, 11) is 0. The summed E-state index contributed by atoms with van der Waals surface area (Å²) in [6.07, 6.45) is 0.276. The molecule has 0 aromatic heterocycles. The van der Waals surface area contributed by atoms with E-state index >= 15 is 0 Å². The second-order valence-electron chi connectivity index (χ2n) is 6.68. The fourth-order valence-corrected chi connectivity index (χ4v) is 2.68. The van der Waals surface area contributed by atoms with E-state index in [0.717, 1.165) is 11.4 Å². The van der Waals surface area contributed by atoms with Crippen LogP contribution in [0.4, 0.5) is 5.69 Å². The van der Waals surface area contributed by atoms with Gasteiger partial charge in [-0.3, -0.25) is 9.59 Å². The van der Waals surface area contributed by atoms with E-state index in [4.69, 9.17) is 4.74 Å². The van der Waals surface area contributed by atoms with Gasteiger partial charge in [0.15, 0.2) is 0 Å². The molecule has 0 bridgehead atoms. The van der Waals surface area contributed by atoms with Crippen LogP contribution in [0.1, 0.15) is 38.7 Å². The van der Waals surface area contributed by atoms with Crippen LogP contribution in [0.3, 0.4) is 0 Å². The Morgan fingerprint density at radius 3 is 2.30 bits per heavy atom. The number of rotatable bonds is 9. The molecule has 0 unspecified atom stereocenters. The van der Waals surface area contributed by atoms with Gasteiger partial charge in [-0.2, -0.15) is 0 Å². The van der Waals surface area contributed by atoms with Crippen molar-refractivity contribution >= 4 is 17.5 Å². The van der Waals surface area contributed by atoms with Crippen molar-refractivity contribution in [2.45, 2.75) is 33.1 Å². The van der Waals surface area contributed by atoms with Crippen LogP contribution in [0, 0.1) is 0 Å². The molecule has 2 rings (SSSR count). The van der Waals surface area contributed by atoms with Gasteiger partial charge in [0, 0.05) is 25.7 Å². The molecule has 5 heteroatoms. The number of amides is 2. The van der Waals surface area contributed by atoms with E-state index < -0.39 is 0 Å². The minimum absolute atomic E-state index is 0.0473. The lowest BCUT2D eigenvalue weighted by molar-refractivity contribution is -0.122. The van der Waals surface area contributed by atoms with Gasteiger partial charge in [0.2, 0.25) is 11.8 Å². The van der Waals surface area contributed by atoms with Gasteiger partial charge in [-0.05, 0) is 35.7 Å². The molecule has 0 heterocycles. The molecule has 0 saturated carbocycles. The average Bonchev–Trinajstić information content (AvgIpc) is 2.66. The first-order chi connectivity index (χ1) is 13.0. The van der Waals surface area contributed by atoms with Gasteiger partial charge in [0.25, 0.3) is 0 Å². The van der Waals surface area contributed by atoms with Crippen LogP contribution in [0.5, 0.6) is 5.75 Å². The smallest absolute Gasteiger partial charge is 0.223 e. The minimum atomic E-state index is -0.0930. The normalized spacial score (nSPS) is 10.5. The molecule has 2 aromatic carbocycles. The SMILES string of the molecule is CC(=O)N(CCNC(=O)CCOc1ccccc1)c1ccc(C(C)C)cc1. The second kappa shape index (κ2) is 10.4. The van der Waals surface area contributed by atoms with E-state index in [9.17, 15) is 9.59 Å². The van der Waals surface area contributed by atoms with Crippen molar-refractivity contribution in [1.82, 2.24) is 5.32 Å². The van der Waals surface area contributed by atoms with Crippen LogP contribution in [-0.4, -0.2) is 31.5 Å². The Morgan fingerprint density at radius 2 is 1.70 bits per heavy atom. The van der Waals surface area contributed by atoms with Gasteiger partial charge in [0.1, 0.15) is 5.75 Å². The molecule has 0 radical (unpaired) electrons. The molecule has 5 nitrogen and oxygen atoms in total. The number of benzene rings is 2. The first-order valence-electron chi connectivity index (χ1n) is 9.30. The Labute approximate surface area is 161 Å². The quantitative estimate of drug-likeness (QED) is 0.733. The van der Waals surface area contributed by atoms with Crippen LogP contribution < -0.4 is 15.0 Å². The molecule has 0 spiro atoms. The number of hydrogen-bond donors (Lipinski definition) is 1. The Kier molecular flexibility index (Phi) is 7.86. The summed E-state index contributed by atoms with van der Waals surface area (Å²) in [5, 5.41) is 2.84. The molecule has 144 valence electrons. The number of ether oxygens (including phenoxy) is 1. The van der Waals surface area contributed by atoms with Crippen molar-refractivity contribution in [3.8, 4) is 5.75 Å². The molecule has 0 aliphatic rings. The topological polar surface area (TPSA) is 58.6 Å². The predicted molar refractivity (Wildman–Crippen MR) is 108 cm³/mol.